The molecule has 1 heterocycles. The largest absolute Gasteiger partial charge is 0.390 e. The van der Waals surface area contributed by atoms with E-state index in [1.807, 2.05) is 0 Å². The van der Waals surface area contributed by atoms with E-state index < -0.39 is 0 Å². The van der Waals surface area contributed by atoms with Gasteiger partial charge in [0.1, 0.15) is 0 Å². The fourth-order valence-electron chi connectivity index (χ4n) is 3.85. The molecule has 1 saturated carbocycles. The van der Waals surface area contributed by atoms with Crippen molar-refractivity contribution in [2.75, 3.05) is 39.3 Å². The van der Waals surface area contributed by atoms with Gasteiger partial charge in [0.05, 0.1) is 6.10 Å². The summed E-state index contributed by atoms with van der Waals surface area (Å²) in [4.78, 5) is 4.81. The topological polar surface area (TPSA) is 26.7 Å². The van der Waals surface area contributed by atoms with E-state index in [9.17, 15) is 5.11 Å². The average Bonchev–Trinajstić information content (AvgIpc) is 2.97. The van der Waals surface area contributed by atoms with Crippen molar-refractivity contribution in [3.8, 4) is 0 Å². The first-order valence-electron chi connectivity index (χ1n) is 7.80. The fraction of sp³-hybridized carbons (Fsp3) is 1.00. The number of hydrogen-bond donors (Lipinski definition) is 1. The normalized spacial score (nSPS) is 25.3. The van der Waals surface area contributed by atoms with Gasteiger partial charge in [0.2, 0.25) is 0 Å². The number of nitrogens with zero attached hydrogens (tertiary/aromatic N) is 2. The van der Waals surface area contributed by atoms with Crippen molar-refractivity contribution in [3.63, 3.8) is 0 Å². The van der Waals surface area contributed by atoms with Gasteiger partial charge < -0.3 is 14.9 Å². The first-order valence-corrected chi connectivity index (χ1v) is 7.80. The molecule has 0 bridgehead atoms. The summed E-state index contributed by atoms with van der Waals surface area (Å²) in [6.07, 6.45) is 6.89. The van der Waals surface area contributed by atoms with Crippen LogP contribution in [0.5, 0.6) is 0 Å². The van der Waals surface area contributed by atoms with E-state index >= 15 is 0 Å². The van der Waals surface area contributed by atoms with Crippen molar-refractivity contribution in [1.82, 2.24) is 9.80 Å². The predicted octanol–water partition coefficient (Wildman–Crippen LogP) is 1.96. The van der Waals surface area contributed by atoms with Crippen LogP contribution in [0.3, 0.4) is 0 Å². The smallest absolute Gasteiger partial charge is 0.0793 e. The summed E-state index contributed by atoms with van der Waals surface area (Å²) in [6.45, 7) is 10.6. The molecule has 1 N–H and O–H groups in total. The Bertz CT molecular complexity index is 247. The summed E-state index contributed by atoms with van der Waals surface area (Å²) in [6, 6.07) is 0. The number of β-amino-alcohol motifs (C(OH)–C–C–N with tert-alkyl or cyclic N) is 1. The van der Waals surface area contributed by atoms with Crippen molar-refractivity contribution < 1.29 is 5.11 Å². The zero-order chi connectivity index (χ0) is 13.0. The van der Waals surface area contributed by atoms with Gasteiger partial charge in [0.25, 0.3) is 0 Å². The Morgan fingerprint density at radius 1 is 1.17 bits per heavy atom. The van der Waals surface area contributed by atoms with Crippen LogP contribution in [0.25, 0.3) is 0 Å². The molecule has 3 nitrogen and oxygen atoms in total. The average molecular weight is 254 g/mol. The maximum absolute atomic E-state index is 10.2. The van der Waals surface area contributed by atoms with Crippen LogP contribution >= 0.6 is 0 Å². The molecule has 1 saturated heterocycles. The minimum absolute atomic E-state index is 0.179. The highest BCUT2D eigenvalue weighted by molar-refractivity contribution is 4.93. The van der Waals surface area contributed by atoms with E-state index in [4.69, 9.17) is 0 Å². The van der Waals surface area contributed by atoms with Crippen LogP contribution in [0.2, 0.25) is 0 Å². The standard InChI is InChI=1S/C15H30N2O/c1-3-16(4-2)11-14(18)12-17-10-9-15(13-17)7-5-6-8-15/h14,18H,3-13H2,1-2H3/t14-/m1/s1. The molecule has 0 aromatic heterocycles. The summed E-state index contributed by atoms with van der Waals surface area (Å²) in [5, 5.41) is 10.2. The quantitative estimate of drug-likeness (QED) is 0.785. The lowest BCUT2D eigenvalue weighted by molar-refractivity contribution is 0.0810. The third-order valence-electron chi connectivity index (χ3n) is 5.01. The summed E-state index contributed by atoms with van der Waals surface area (Å²) in [5.74, 6) is 0. The second kappa shape index (κ2) is 6.36. The zero-order valence-electron chi connectivity index (χ0n) is 12.2. The molecule has 0 unspecified atom stereocenters. The number of likely N-dealkylation sites (N-methyl/N-ethyl adjacent to an activating group) is 1. The third-order valence-corrected chi connectivity index (χ3v) is 5.01. The Morgan fingerprint density at radius 3 is 2.44 bits per heavy atom. The molecule has 0 amide bonds. The maximum atomic E-state index is 10.2. The molecular weight excluding hydrogens is 224 g/mol. The predicted molar refractivity (Wildman–Crippen MR) is 75.8 cm³/mol. The number of aliphatic hydroxyl groups excluding tert-OH is 1. The highest BCUT2D eigenvalue weighted by Crippen LogP contribution is 2.45. The summed E-state index contributed by atoms with van der Waals surface area (Å²) in [5.41, 5.74) is 0.634. The lowest BCUT2D eigenvalue weighted by atomic mass is 9.86. The molecule has 1 atom stereocenters. The van der Waals surface area contributed by atoms with Crippen LogP contribution < -0.4 is 0 Å². The zero-order valence-corrected chi connectivity index (χ0v) is 12.2. The van der Waals surface area contributed by atoms with Crippen LogP contribution in [-0.2, 0) is 0 Å². The van der Waals surface area contributed by atoms with E-state index in [0.29, 0.717) is 5.41 Å². The Labute approximate surface area is 112 Å². The lowest BCUT2D eigenvalue weighted by Gasteiger charge is -2.27. The molecular formula is C15H30N2O. The number of aliphatic hydroxyl groups is 1. The van der Waals surface area contributed by atoms with Crippen LogP contribution in [-0.4, -0.2) is 60.3 Å². The molecule has 3 heteroatoms. The molecule has 106 valence electrons. The molecule has 0 radical (unpaired) electrons. The van der Waals surface area contributed by atoms with E-state index in [2.05, 4.69) is 23.6 Å². The fourth-order valence-corrected chi connectivity index (χ4v) is 3.85. The summed E-state index contributed by atoms with van der Waals surface area (Å²) >= 11 is 0. The maximum Gasteiger partial charge on any atom is 0.0793 e. The Hall–Kier alpha value is -0.120. The lowest BCUT2D eigenvalue weighted by Crippen LogP contribution is -2.40. The van der Waals surface area contributed by atoms with Crippen LogP contribution in [0.15, 0.2) is 0 Å². The summed E-state index contributed by atoms with van der Waals surface area (Å²) in [7, 11) is 0. The van der Waals surface area contributed by atoms with E-state index in [-0.39, 0.29) is 6.10 Å². The molecule has 1 aliphatic carbocycles. The van der Waals surface area contributed by atoms with Gasteiger partial charge in [-0.1, -0.05) is 26.7 Å². The molecule has 1 aliphatic heterocycles. The molecule has 18 heavy (non-hydrogen) atoms. The van der Waals surface area contributed by atoms with Crippen molar-refractivity contribution in [2.24, 2.45) is 5.41 Å². The Kier molecular flexibility index (Phi) is 5.05. The second-order valence-corrected chi connectivity index (χ2v) is 6.33. The van der Waals surface area contributed by atoms with Gasteiger partial charge in [-0.15, -0.1) is 0 Å². The molecule has 2 rings (SSSR count). The molecule has 0 aromatic rings. The van der Waals surface area contributed by atoms with Gasteiger partial charge in [-0.05, 0) is 44.3 Å². The van der Waals surface area contributed by atoms with Crippen LogP contribution in [0, 0.1) is 5.41 Å². The number of likely N-dealkylation sites (tertiary alicyclic amines) is 1. The second-order valence-electron chi connectivity index (χ2n) is 6.33. The Morgan fingerprint density at radius 2 is 1.83 bits per heavy atom. The Balaban J connectivity index is 1.73. The van der Waals surface area contributed by atoms with Gasteiger partial charge >= 0.3 is 0 Å². The van der Waals surface area contributed by atoms with Gasteiger partial charge in [-0.3, -0.25) is 0 Å². The molecule has 0 aromatic carbocycles. The SMILES string of the molecule is CCN(CC)C[C@@H](O)CN1CCC2(CCCC2)C1. The molecule has 2 fully saturated rings. The van der Waals surface area contributed by atoms with E-state index in [1.54, 1.807) is 0 Å². The number of rotatable bonds is 6. The van der Waals surface area contributed by atoms with Crippen LogP contribution in [0.4, 0.5) is 0 Å². The van der Waals surface area contributed by atoms with Crippen molar-refractivity contribution >= 4 is 0 Å². The summed E-state index contributed by atoms with van der Waals surface area (Å²) < 4.78 is 0. The van der Waals surface area contributed by atoms with Gasteiger partial charge in [0.15, 0.2) is 0 Å². The van der Waals surface area contributed by atoms with Crippen molar-refractivity contribution in [2.45, 2.75) is 52.1 Å². The van der Waals surface area contributed by atoms with Crippen molar-refractivity contribution in [3.05, 3.63) is 0 Å². The van der Waals surface area contributed by atoms with Gasteiger partial charge in [-0.2, -0.15) is 0 Å². The minimum Gasteiger partial charge on any atom is -0.390 e. The van der Waals surface area contributed by atoms with E-state index in [0.717, 1.165) is 26.2 Å². The first kappa shape index (κ1) is 14.3. The van der Waals surface area contributed by atoms with Crippen molar-refractivity contribution in [1.29, 1.82) is 0 Å². The first-order chi connectivity index (χ1) is 8.67. The minimum atomic E-state index is -0.179. The third kappa shape index (κ3) is 3.46. The molecule has 2 aliphatic rings. The monoisotopic (exact) mass is 254 g/mol. The van der Waals surface area contributed by atoms with Crippen LogP contribution in [0.1, 0.15) is 46.0 Å². The van der Waals surface area contributed by atoms with Gasteiger partial charge in [0, 0.05) is 19.6 Å². The highest BCUT2D eigenvalue weighted by Gasteiger charge is 2.40. The van der Waals surface area contributed by atoms with E-state index in [1.165, 1.54) is 45.2 Å². The van der Waals surface area contributed by atoms with Gasteiger partial charge in [-0.25, -0.2) is 0 Å². The highest BCUT2D eigenvalue weighted by atomic mass is 16.3. The molecule has 1 spiro atoms. The number of hydrogen-bond acceptors (Lipinski definition) is 3.